The van der Waals surface area contributed by atoms with Crippen molar-refractivity contribution in [3.05, 3.63) is 0 Å². The molecule has 7 heteroatoms. The van der Waals surface area contributed by atoms with Crippen LogP contribution in [0.1, 0.15) is 439 Å². The molecule has 0 unspecified atom stereocenters. The van der Waals surface area contributed by atoms with Crippen LogP contribution in [0.15, 0.2) is 0 Å². The maximum Gasteiger partial charge on any atom is 2.00 e. The van der Waals surface area contributed by atoms with Crippen LogP contribution in [0.2, 0.25) is 0 Å². The zero-order chi connectivity index (χ0) is 57.1. The summed E-state index contributed by atoms with van der Waals surface area (Å²) < 4.78 is 24.7. The normalized spacial score (nSPS) is 11.8. The van der Waals surface area contributed by atoms with Crippen LogP contribution in [0.4, 0.5) is 0 Å². The molecule has 0 N–H and O–H groups in total. The smallest absolute Gasteiger partial charge is 0.799 e. The Hall–Kier alpha value is 0.899. The molecule has 0 aliphatic rings. The molecule has 0 aliphatic heterocycles. The Morgan fingerprint density at radius 1 is 0.165 bits per heavy atom. The van der Waals surface area contributed by atoms with Crippen LogP contribution >= 0.6 is 14.7 Å². The van der Waals surface area contributed by atoms with Crippen molar-refractivity contribution in [2.45, 2.75) is 439 Å². The Morgan fingerprint density at radius 2 is 0.241 bits per heavy atom. The molecular formula is C72H148FeO4P2. The second-order valence-electron chi connectivity index (χ2n) is 25.7. The van der Waals surface area contributed by atoms with E-state index < -0.39 is 14.7 Å². The Labute approximate surface area is 511 Å². The minimum absolute atomic E-state index is 0. The minimum Gasteiger partial charge on any atom is -0.799 e. The van der Waals surface area contributed by atoms with Crippen molar-refractivity contribution in [2.24, 2.45) is 0 Å². The van der Waals surface area contributed by atoms with Gasteiger partial charge in [0.1, 0.15) is 0 Å². The molecule has 0 amide bonds. The molecule has 0 radical (unpaired) electrons. The van der Waals surface area contributed by atoms with Gasteiger partial charge in [-0.2, -0.15) is 0 Å². The molecule has 0 spiro atoms. The van der Waals surface area contributed by atoms with E-state index in [1.54, 1.807) is 0 Å². The third-order valence-corrected chi connectivity index (χ3v) is 21.4. The first-order chi connectivity index (χ1) is 38.2. The summed E-state index contributed by atoms with van der Waals surface area (Å²) in [6, 6.07) is 0. The van der Waals surface area contributed by atoms with Crippen molar-refractivity contribution in [3.63, 3.8) is 0 Å². The van der Waals surface area contributed by atoms with Crippen LogP contribution in [-0.4, -0.2) is 24.6 Å². The van der Waals surface area contributed by atoms with Gasteiger partial charge in [-0.15, -0.1) is 0 Å². The van der Waals surface area contributed by atoms with E-state index in [0.29, 0.717) is 24.6 Å². The van der Waals surface area contributed by atoms with Gasteiger partial charge in [0.2, 0.25) is 0 Å². The van der Waals surface area contributed by atoms with Crippen molar-refractivity contribution >= 4 is 14.7 Å². The topological polar surface area (TPSA) is 80.3 Å². The minimum atomic E-state index is -3.12. The summed E-state index contributed by atoms with van der Waals surface area (Å²) in [4.78, 5) is 24.7. The second kappa shape index (κ2) is 73.2. The molecule has 0 fully saturated rings. The summed E-state index contributed by atoms with van der Waals surface area (Å²) in [6.07, 6.45) is 87.3. The van der Waals surface area contributed by atoms with Crippen molar-refractivity contribution < 1.29 is 36.0 Å². The van der Waals surface area contributed by atoms with Crippen LogP contribution in [0.5, 0.6) is 0 Å². The fourth-order valence-electron chi connectivity index (χ4n) is 11.8. The zero-order valence-electron chi connectivity index (χ0n) is 55.0. The molecule has 0 aromatic heterocycles. The van der Waals surface area contributed by atoms with Gasteiger partial charge in [0.15, 0.2) is 0 Å². The fraction of sp³-hybridized carbons (Fsp3) is 1.00. The summed E-state index contributed by atoms with van der Waals surface area (Å²) in [5.74, 6) is 0. The summed E-state index contributed by atoms with van der Waals surface area (Å²) in [7, 11) is -6.24. The van der Waals surface area contributed by atoms with Crippen LogP contribution < -0.4 is 9.79 Å². The number of rotatable bonds is 68. The Bertz CT molecular complexity index is 1000. The predicted molar refractivity (Wildman–Crippen MR) is 353 cm³/mol. The molecule has 79 heavy (non-hydrogen) atoms. The van der Waals surface area contributed by atoms with Gasteiger partial charge in [0.25, 0.3) is 0 Å². The molecule has 0 saturated heterocycles. The van der Waals surface area contributed by atoms with Crippen molar-refractivity contribution in [1.82, 2.24) is 0 Å². The third kappa shape index (κ3) is 78.9. The number of unbranched alkanes of at least 4 members (excludes halogenated alkanes) is 60. The average Bonchev–Trinajstić information content (AvgIpc) is 3.42. The first-order valence-electron chi connectivity index (χ1n) is 36.8. The molecule has 0 aliphatic carbocycles. The van der Waals surface area contributed by atoms with Gasteiger partial charge in [-0.25, -0.2) is 0 Å². The second-order valence-corrected chi connectivity index (χ2v) is 30.8. The summed E-state index contributed by atoms with van der Waals surface area (Å²) in [6.45, 7) is 9.14. The summed E-state index contributed by atoms with van der Waals surface area (Å²) in [5.41, 5.74) is 0. The van der Waals surface area contributed by atoms with Gasteiger partial charge in [0, 0.05) is 14.7 Å². The van der Waals surface area contributed by atoms with Crippen LogP contribution in [-0.2, 0) is 26.2 Å². The summed E-state index contributed by atoms with van der Waals surface area (Å²) >= 11 is 0. The standard InChI is InChI=1S/2C36H75O2P.Fe/c2*1-3-5-7-9-11-13-15-17-19-21-23-25-27-29-31-33-35-39(37,38)36-34-32-30-28-26-24-22-20-18-16-14-12-10-8-6-4-2;/h2*3-36H2,1-2H3,(H,37,38);/q;;+2/p-2. The van der Waals surface area contributed by atoms with Crippen molar-refractivity contribution in [3.8, 4) is 0 Å². The first-order valence-corrected chi connectivity index (χ1v) is 40.8. The van der Waals surface area contributed by atoms with E-state index in [1.165, 1.54) is 360 Å². The molecule has 478 valence electrons. The molecule has 0 aromatic carbocycles. The maximum atomic E-state index is 12.4. The van der Waals surface area contributed by atoms with E-state index in [-0.39, 0.29) is 17.1 Å². The van der Waals surface area contributed by atoms with Crippen LogP contribution in [0.3, 0.4) is 0 Å². The average molecular weight is 1200 g/mol. The fourth-order valence-corrected chi connectivity index (χ4v) is 15.1. The van der Waals surface area contributed by atoms with E-state index in [1.807, 2.05) is 0 Å². The van der Waals surface area contributed by atoms with Gasteiger partial charge in [-0.05, 0) is 50.3 Å². The van der Waals surface area contributed by atoms with Gasteiger partial charge < -0.3 is 18.9 Å². The quantitative estimate of drug-likeness (QED) is 0.0345. The van der Waals surface area contributed by atoms with Gasteiger partial charge in [-0.3, -0.25) is 0 Å². The van der Waals surface area contributed by atoms with E-state index in [9.17, 15) is 18.9 Å². The zero-order valence-corrected chi connectivity index (χ0v) is 57.9. The van der Waals surface area contributed by atoms with Crippen molar-refractivity contribution in [2.75, 3.05) is 24.6 Å². The maximum absolute atomic E-state index is 12.4. The van der Waals surface area contributed by atoms with Crippen LogP contribution in [0.25, 0.3) is 0 Å². The molecular weight excluding hydrogens is 1050 g/mol. The van der Waals surface area contributed by atoms with E-state index in [4.69, 9.17) is 0 Å². The largest absolute Gasteiger partial charge is 2.00 e. The summed E-state index contributed by atoms with van der Waals surface area (Å²) in [5, 5.41) is 0. The van der Waals surface area contributed by atoms with E-state index in [0.717, 1.165) is 51.4 Å². The van der Waals surface area contributed by atoms with Crippen molar-refractivity contribution in [1.29, 1.82) is 0 Å². The molecule has 0 atom stereocenters. The molecule has 0 aromatic rings. The Morgan fingerprint density at radius 3 is 0.329 bits per heavy atom. The molecule has 0 bridgehead atoms. The third-order valence-electron chi connectivity index (χ3n) is 17.4. The Balaban J connectivity index is -0.00000144. The predicted octanol–water partition coefficient (Wildman–Crippen LogP) is 26.3. The Kier molecular flexibility index (Phi) is 77.9. The SMILES string of the molecule is CCCCCCCCCCCCCCCCCCP(=O)([O-])CCCCCCCCCCCCCCCCCC.CCCCCCCCCCCCCCCCCCP(=O)([O-])CCCCCCCCCCCCCCCCCC.[Fe+2]. The monoisotopic (exact) mass is 1200 g/mol. The van der Waals surface area contributed by atoms with E-state index >= 15 is 0 Å². The van der Waals surface area contributed by atoms with Crippen LogP contribution in [0, 0.1) is 0 Å². The van der Waals surface area contributed by atoms with Gasteiger partial charge in [0.05, 0.1) is 0 Å². The first kappa shape index (κ1) is 84.1. The van der Waals surface area contributed by atoms with Gasteiger partial charge in [-0.1, -0.05) is 413 Å². The number of hydrogen-bond acceptors (Lipinski definition) is 4. The molecule has 4 nitrogen and oxygen atoms in total. The molecule has 0 heterocycles. The van der Waals surface area contributed by atoms with E-state index in [2.05, 4.69) is 27.7 Å². The molecule has 0 saturated carbocycles. The number of hydrogen-bond donors (Lipinski definition) is 0. The van der Waals surface area contributed by atoms with Gasteiger partial charge >= 0.3 is 17.1 Å². The molecule has 0 rings (SSSR count).